The molecule has 2 aromatic rings. The maximum Gasteiger partial charge on any atom is 0.160 e. The highest BCUT2D eigenvalue weighted by Gasteiger charge is 2.08. The molecule has 0 aliphatic carbocycles. The Bertz CT molecular complexity index is 708. The van der Waals surface area contributed by atoms with Crippen LogP contribution in [0.4, 0.5) is 0 Å². The fourth-order valence-electron chi connectivity index (χ4n) is 2.50. The van der Waals surface area contributed by atoms with E-state index in [2.05, 4.69) is 5.32 Å². The molecular weight excluding hydrogens is 354 g/mol. The Labute approximate surface area is 159 Å². The van der Waals surface area contributed by atoms with Gasteiger partial charge in [-0.1, -0.05) is 23.7 Å². The van der Waals surface area contributed by atoms with Crippen molar-refractivity contribution in [1.82, 2.24) is 5.32 Å². The highest BCUT2D eigenvalue weighted by Crippen LogP contribution is 2.27. The second-order valence-electron chi connectivity index (χ2n) is 6.04. The molecule has 0 amide bonds. The molecule has 0 aromatic heterocycles. The average Bonchev–Trinajstić information content (AvgIpc) is 2.65. The molecule has 1 atom stereocenters. The van der Waals surface area contributed by atoms with Gasteiger partial charge < -0.3 is 24.6 Å². The van der Waals surface area contributed by atoms with E-state index >= 15 is 0 Å². The molecule has 6 heteroatoms. The maximum absolute atomic E-state index is 10.1. The van der Waals surface area contributed by atoms with Gasteiger partial charge in [0, 0.05) is 6.54 Å². The van der Waals surface area contributed by atoms with Gasteiger partial charge in [0.2, 0.25) is 0 Å². The van der Waals surface area contributed by atoms with Crippen molar-refractivity contribution in [2.75, 3.05) is 33.9 Å². The fourth-order valence-corrected chi connectivity index (χ4v) is 2.68. The summed E-state index contributed by atoms with van der Waals surface area (Å²) in [5.41, 5.74) is 2.19. The van der Waals surface area contributed by atoms with Gasteiger partial charge in [-0.25, -0.2) is 0 Å². The molecule has 0 unspecified atom stereocenters. The highest BCUT2D eigenvalue weighted by atomic mass is 35.5. The van der Waals surface area contributed by atoms with Crippen LogP contribution in [0, 0.1) is 6.92 Å². The number of aliphatic hydroxyl groups is 1. The summed E-state index contributed by atoms with van der Waals surface area (Å²) in [6.45, 7) is 3.33. The Morgan fingerprint density at radius 3 is 2.54 bits per heavy atom. The van der Waals surface area contributed by atoms with Crippen LogP contribution in [0.5, 0.6) is 17.2 Å². The van der Waals surface area contributed by atoms with Crippen molar-refractivity contribution in [3.8, 4) is 17.2 Å². The minimum absolute atomic E-state index is 0.187. The second-order valence-corrected chi connectivity index (χ2v) is 6.45. The van der Waals surface area contributed by atoms with Crippen LogP contribution >= 0.6 is 11.6 Å². The smallest absolute Gasteiger partial charge is 0.160 e. The molecular formula is C20H26ClNO4. The number of hydrogen-bond acceptors (Lipinski definition) is 5. The number of aliphatic hydroxyl groups excluding tert-OH is 1. The van der Waals surface area contributed by atoms with Crippen LogP contribution in [0.15, 0.2) is 36.4 Å². The number of methoxy groups -OCH3 is 2. The molecule has 0 fully saturated rings. The van der Waals surface area contributed by atoms with Crippen molar-refractivity contribution >= 4 is 11.6 Å². The summed E-state index contributed by atoms with van der Waals surface area (Å²) >= 11 is 6.08. The topological polar surface area (TPSA) is 60.0 Å². The quantitative estimate of drug-likeness (QED) is 0.620. The fraction of sp³-hybridized carbons (Fsp3) is 0.400. The number of rotatable bonds is 10. The van der Waals surface area contributed by atoms with E-state index in [9.17, 15) is 5.11 Å². The molecule has 0 spiro atoms. The van der Waals surface area contributed by atoms with Gasteiger partial charge >= 0.3 is 0 Å². The molecule has 0 bridgehead atoms. The monoisotopic (exact) mass is 379 g/mol. The normalized spacial score (nSPS) is 11.9. The van der Waals surface area contributed by atoms with Crippen molar-refractivity contribution < 1.29 is 19.3 Å². The molecule has 26 heavy (non-hydrogen) atoms. The molecule has 2 N–H and O–H groups in total. The summed E-state index contributed by atoms with van der Waals surface area (Å²) < 4.78 is 16.1. The lowest BCUT2D eigenvalue weighted by atomic mass is 10.1. The maximum atomic E-state index is 10.1. The minimum atomic E-state index is -0.614. The lowest BCUT2D eigenvalue weighted by Crippen LogP contribution is -2.32. The minimum Gasteiger partial charge on any atom is -0.493 e. The Balaban J connectivity index is 1.71. The largest absolute Gasteiger partial charge is 0.493 e. The van der Waals surface area contributed by atoms with Crippen LogP contribution in [0.25, 0.3) is 0 Å². The molecule has 0 heterocycles. The van der Waals surface area contributed by atoms with Crippen molar-refractivity contribution in [2.45, 2.75) is 19.4 Å². The SMILES string of the molecule is COc1ccc(CCNC[C@@H](O)COc2cc(C)ccc2Cl)cc1OC. The average molecular weight is 380 g/mol. The summed E-state index contributed by atoms with van der Waals surface area (Å²) in [6, 6.07) is 11.4. The van der Waals surface area contributed by atoms with Gasteiger partial charge in [-0.3, -0.25) is 0 Å². The van der Waals surface area contributed by atoms with E-state index in [-0.39, 0.29) is 6.61 Å². The summed E-state index contributed by atoms with van der Waals surface area (Å²) in [5.74, 6) is 2.02. The molecule has 0 saturated carbocycles. The molecule has 142 valence electrons. The van der Waals surface area contributed by atoms with E-state index in [1.165, 1.54) is 0 Å². The van der Waals surface area contributed by atoms with Gasteiger partial charge in [0.1, 0.15) is 18.5 Å². The van der Waals surface area contributed by atoms with Gasteiger partial charge in [0.05, 0.1) is 19.2 Å². The van der Waals surface area contributed by atoms with Gasteiger partial charge in [0.25, 0.3) is 0 Å². The third kappa shape index (κ3) is 6.09. The van der Waals surface area contributed by atoms with Gasteiger partial charge in [-0.2, -0.15) is 0 Å². The summed E-state index contributed by atoms with van der Waals surface area (Å²) in [6.07, 6.45) is 0.203. The van der Waals surface area contributed by atoms with Gasteiger partial charge in [-0.05, 0) is 55.3 Å². The lowest BCUT2D eigenvalue weighted by Gasteiger charge is -2.15. The molecule has 2 aromatic carbocycles. The van der Waals surface area contributed by atoms with Crippen LogP contribution < -0.4 is 19.5 Å². The van der Waals surface area contributed by atoms with Crippen LogP contribution in [0.2, 0.25) is 5.02 Å². The molecule has 0 saturated heterocycles. The summed E-state index contributed by atoms with van der Waals surface area (Å²) in [5, 5.41) is 13.8. The van der Waals surface area contributed by atoms with Crippen molar-refractivity contribution in [2.24, 2.45) is 0 Å². The van der Waals surface area contributed by atoms with Crippen molar-refractivity contribution in [3.63, 3.8) is 0 Å². The van der Waals surface area contributed by atoms with Gasteiger partial charge in [0.15, 0.2) is 11.5 Å². The van der Waals surface area contributed by atoms with Gasteiger partial charge in [-0.15, -0.1) is 0 Å². The Morgan fingerprint density at radius 2 is 1.81 bits per heavy atom. The standard InChI is InChI=1S/C20H26ClNO4/c1-14-4-6-17(21)19(10-14)26-13-16(23)12-22-9-8-15-5-7-18(24-2)20(11-15)25-3/h4-7,10-11,16,22-23H,8-9,12-13H2,1-3H3/t16-/m1/s1. The number of hydrogen-bond donors (Lipinski definition) is 2. The zero-order valence-corrected chi connectivity index (χ0v) is 16.2. The second kappa shape index (κ2) is 10.3. The predicted molar refractivity (Wildman–Crippen MR) is 104 cm³/mol. The Hall–Kier alpha value is -1.95. The van der Waals surface area contributed by atoms with Crippen LogP contribution in [0.1, 0.15) is 11.1 Å². The molecule has 0 aliphatic heterocycles. The number of aryl methyl sites for hydroxylation is 1. The highest BCUT2D eigenvalue weighted by molar-refractivity contribution is 6.32. The molecule has 0 radical (unpaired) electrons. The van der Waals surface area contributed by atoms with E-state index in [4.69, 9.17) is 25.8 Å². The summed E-state index contributed by atoms with van der Waals surface area (Å²) in [7, 11) is 3.24. The first-order chi connectivity index (χ1) is 12.5. The first-order valence-corrected chi connectivity index (χ1v) is 8.90. The number of benzene rings is 2. The van der Waals surface area contributed by atoms with Crippen molar-refractivity contribution in [1.29, 1.82) is 0 Å². The van der Waals surface area contributed by atoms with E-state index in [0.29, 0.717) is 28.8 Å². The van der Waals surface area contributed by atoms with Crippen molar-refractivity contribution in [3.05, 3.63) is 52.5 Å². The Morgan fingerprint density at radius 1 is 1.04 bits per heavy atom. The molecule has 0 aliphatic rings. The first-order valence-electron chi connectivity index (χ1n) is 8.52. The lowest BCUT2D eigenvalue weighted by molar-refractivity contribution is 0.106. The number of halogens is 1. The van der Waals surface area contributed by atoms with Crippen LogP contribution in [0.3, 0.4) is 0 Å². The Kier molecular flexibility index (Phi) is 8.04. The third-order valence-corrected chi connectivity index (χ3v) is 4.25. The number of ether oxygens (including phenoxy) is 3. The van der Waals surface area contributed by atoms with E-state index in [0.717, 1.165) is 24.1 Å². The molecule has 2 rings (SSSR count). The molecule has 5 nitrogen and oxygen atoms in total. The van der Waals surface area contributed by atoms with Crippen LogP contribution in [-0.2, 0) is 6.42 Å². The number of nitrogens with one attached hydrogen (secondary N) is 1. The van der Waals surface area contributed by atoms with E-state index in [1.807, 2.05) is 37.3 Å². The predicted octanol–water partition coefficient (Wildman–Crippen LogP) is 3.24. The third-order valence-electron chi connectivity index (χ3n) is 3.94. The van der Waals surface area contributed by atoms with Crippen LogP contribution in [-0.4, -0.2) is 45.1 Å². The van der Waals surface area contributed by atoms with E-state index in [1.54, 1.807) is 20.3 Å². The summed E-state index contributed by atoms with van der Waals surface area (Å²) in [4.78, 5) is 0. The zero-order valence-electron chi connectivity index (χ0n) is 15.4. The first kappa shape index (κ1) is 20.4. The van der Waals surface area contributed by atoms with E-state index < -0.39 is 6.10 Å². The zero-order chi connectivity index (χ0) is 18.9.